The highest BCUT2D eigenvalue weighted by Crippen LogP contribution is 2.54. The van der Waals surface area contributed by atoms with Crippen molar-refractivity contribution in [2.75, 3.05) is 7.11 Å². The molecule has 0 saturated heterocycles. The Kier molecular flexibility index (Phi) is 2.50. The third-order valence-electron chi connectivity index (χ3n) is 4.72. The summed E-state index contributed by atoms with van der Waals surface area (Å²) in [7, 11) is 1.73. The topological polar surface area (TPSA) is 9.23 Å². The first-order chi connectivity index (χ1) is 8.25. The Labute approximate surface area is 103 Å². The van der Waals surface area contributed by atoms with Crippen LogP contribution < -0.4 is 4.74 Å². The fourth-order valence-corrected chi connectivity index (χ4v) is 3.60. The summed E-state index contributed by atoms with van der Waals surface area (Å²) in [6.45, 7) is 4.41. The van der Waals surface area contributed by atoms with E-state index in [4.69, 9.17) is 4.74 Å². The summed E-state index contributed by atoms with van der Waals surface area (Å²) < 4.78 is 5.34. The summed E-state index contributed by atoms with van der Waals surface area (Å²) in [6.07, 6.45) is 7.92. The zero-order valence-electron chi connectivity index (χ0n) is 10.6. The van der Waals surface area contributed by atoms with Gasteiger partial charge in [0.05, 0.1) is 7.11 Å². The number of hydrogen-bond donors (Lipinski definition) is 0. The zero-order chi connectivity index (χ0) is 11.9. The van der Waals surface area contributed by atoms with Crippen molar-refractivity contribution in [2.24, 2.45) is 5.41 Å². The maximum absolute atomic E-state index is 5.34. The largest absolute Gasteiger partial charge is 0.497 e. The first-order valence-electron chi connectivity index (χ1n) is 6.62. The van der Waals surface area contributed by atoms with Crippen LogP contribution in [0.2, 0.25) is 0 Å². The second kappa shape index (κ2) is 3.90. The smallest absolute Gasteiger partial charge is 0.119 e. The molecule has 3 rings (SSSR count). The average molecular weight is 228 g/mol. The van der Waals surface area contributed by atoms with Gasteiger partial charge in [-0.2, -0.15) is 0 Å². The molecule has 1 heteroatoms. The summed E-state index contributed by atoms with van der Waals surface area (Å²) >= 11 is 0. The maximum atomic E-state index is 5.34. The van der Waals surface area contributed by atoms with Crippen molar-refractivity contribution in [2.45, 2.75) is 38.5 Å². The molecule has 1 fully saturated rings. The minimum Gasteiger partial charge on any atom is -0.497 e. The standard InChI is InChI=1S/C16H20O/c1-12-15-11-14(17-2)6-5-13(15)7-10-16(12)8-3-4-9-16/h5-6,11H,1,3-4,7-10H2,2H3. The maximum Gasteiger partial charge on any atom is 0.119 e. The van der Waals surface area contributed by atoms with Gasteiger partial charge >= 0.3 is 0 Å². The Morgan fingerprint density at radius 2 is 1.94 bits per heavy atom. The monoisotopic (exact) mass is 228 g/mol. The van der Waals surface area contributed by atoms with Crippen molar-refractivity contribution >= 4 is 5.57 Å². The van der Waals surface area contributed by atoms with Crippen LogP contribution in [-0.2, 0) is 6.42 Å². The van der Waals surface area contributed by atoms with E-state index in [2.05, 4.69) is 24.8 Å². The lowest BCUT2D eigenvalue weighted by molar-refractivity contribution is 0.370. The lowest BCUT2D eigenvalue weighted by Gasteiger charge is -2.37. The van der Waals surface area contributed by atoms with Crippen molar-refractivity contribution in [1.29, 1.82) is 0 Å². The zero-order valence-corrected chi connectivity index (χ0v) is 10.6. The molecule has 0 unspecified atom stereocenters. The molecule has 2 aliphatic rings. The molecule has 90 valence electrons. The highest BCUT2D eigenvalue weighted by Gasteiger charge is 2.39. The second-order valence-corrected chi connectivity index (χ2v) is 5.49. The number of methoxy groups -OCH3 is 1. The quantitative estimate of drug-likeness (QED) is 0.699. The van der Waals surface area contributed by atoms with E-state index in [0.717, 1.165) is 5.75 Å². The molecule has 1 nitrogen and oxygen atoms in total. The molecule has 17 heavy (non-hydrogen) atoms. The van der Waals surface area contributed by atoms with Crippen LogP contribution in [0, 0.1) is 5.41 Å². The van der Waals surface area contributed by atoms with Crippen LogP contribution >= 0.6 is 0 Å². The predicted octanol–water partition coefficient (Wildman–Crippen LogP) is 4.22. The van der Waals surface area contributed by atoms with Gasteiger partial charge in [-0.1, -0.05) is 25.5 Å². The molecule has 1 spiro atoms. The van der Waals surface area contributed by atoms with Gasteiger partial charge < -0.3 is 4.74 Å². The lowest BCUT2D eigenvalue weighted by Crippen LogP contribution is -2.24. The number of allylic oxidation sites excluding steroid dienone is 1. The summed E-state index contributed by atoms with van der Waals surface area (Å²) in [5.74, 6) is 0.958. The number of benzene rings is 1. The third-order valence-corrected chi connectivity index (χ3v) is 4.72. The predicted molar refractivity (Wildman–Crippen MR) is 71.3 cm³/mol. The lowest BCUT2D eigenvalue weighted by atomic mass is 9.67. The molecule has 0 heterocycles. The molecule has 0 amide bonds. The van der Waals surface area contributed by atoms with E-state index < -0.39 is 0 Å². The van der Waals surface area contributed by atoms with E-state index in [-0.39, 0.29) is 0 Å². The molecule has 0 radical (unpaired) electrons. The van der Waals surface area contributed by atoms with Crippen LogP contribution in [-0.4, -0.2) is 7.11 Å². The van der Waals surface area contributed by atoms with Gasteiger partial charge in [-0.3, -0.25) is 0 Å². The molecule has 1 aromatic carbocycles. The van der Waals surface area contributed by atoms with E-state index in [1.165, 1.54) is 55.2 Å². The third kappa shape index (κ3) is 1.60. The first kappa shape index (κ1) is 10.9. The van der Waals surface area contributed by atoms with Crippen molar-refractivity contribution in [3.05, 3.63) is 35.9 Å². The molecular weight excluding hydrogens is 208 g/mol. The Morgan fingerprint density at radius 1 is 1.18 bits per heavy atom. The van der Waals surface area contributed by atoms with Crippen LogP contribution in [0.4, 0.5) is 0 Å². The van der Waals surface area contributed by atoms with E-state index in [0.29, 0.717) is 5.41 Å². The van der Waals surface area contributed by atoms with Crippen LogP contribution in [0.15, 0.2) is 24.8 Å². The second-order valence-electron chi connectivity index (χ2n) is 5.49. The number of hydrogen-bond acceptors (Lipinski definition) is 1. The normalized spacial score (nSPS) is 21.6. The highest BCUT2D eigenvalue weighted by atomic mass is 16.5. The van der Waals surface area contributed by atoms with E-state index in [1.807, 2.05) is 0 Å². The molecule has 0 atom stereocenters. The summed E-state index contributed by atoms with van der Waals surface area (Å²) in [6, 6.07) is 6.46. The minimum absolute atomic E-state index is 0.416. The fraction of sp³-hybridized carbons (Fsp3) is 0.500. The molecular formula is C16H20O. The molecule has 2 aliphatic carbocycles. The molecule has 0 aliphatic heterocycles. The Hall–Kier alpha value is -1.24. The van der Waals surface area contributed by atoms with Crippen LogP contribution in [0.3, 0.4) is 0 Å². The Morgan fingerprint density at radius 3 is 2.65 bits per heavy atom. The van der Waals surface area contributed by atoms with Crippen LogP contribution in [0.5, 0.6) is 5.75 Å². The van der Waals surface area contributed by atoms with Crippen LogP contribution in [0.1, 0.15) is 43.2 Å². The molecule has 0 aromatic heterocycles. The molecule has 1 aromatic rings. The van der Waals surface area contributed by atoms with Gasteiger partial charge in [-0.15, -0.1) is 0 Å². The van der Waals surface area contributed by atoms with Crippen LogP contribution in [0.25, 0.3) is 5.57 Å². The van der Waals surface area contributed by atoms with Gasteiger partial charge in [-0.05, 0) is 59.9 Å². The number of fused-ring (bicyclic) bond motifs is 1. The first-order valence-corrected chi connectivity index (χ1v) is 6.62. The number of rotatable bonds is 1. The SMILES string of the molecule is C=C1c2cc(OC)ccc2CCC12CCCC2. The summed E-state index contributed by atoms with van der Waals surface area (Å²) in [5, 5.41) is 0. The van der Waals surface area contributed by atoms with Gasteiger partial charge in [0.25, 0.3) is 0 Å². The van der Waals surface area contributed by atoms with Gasteiger partial charge in [-0.25, -0.2) is 0 Å². The summed E-state index contributed by atoms with van der Waals surface area (Å²) in [4.78, 5) is 0. The van der Waals surface area contributed by atoms with E-state index in [9.17, 15) is 0 Å². The van der Waals surface area contributed by atoms with Crippen molar-refractivity contribution in [1.82, 2.24) is 0 Å². The Bertz CT molecular complexity index is 453. The highest BCUT2D eigenvalue weighted by molar-refractivity contribution is 5.74. The van der Waals surface area contributed by atoms with E-state index >= 15 is 0 Å². The average Bonchev–Trinajstić information content (AvgIpc) is 2.84. The van der Waals surface area contributed by atoms with E-state index in [1.54, 1.807) is 7.11 Å². The van der Waals surface area contributed by atoms with Gasteiger partial charge in [0.15, 0.2) is 0 Å². The fourth-order valence-electron chi connectivity index (χ4n) is 3.60. The van der Waals surface area contributed by atoms with Gasteiger partial charge in [0.1, 0.15) is 5.75 Å². The Balaban J connectivity index is 2.03. The minimum atomic E-state index is 0.416. The number of aryl methyl sites for hydroxylation is 1. The van der Waals surface area contributed by atoms with Crippen molar-refractivity contribution in [3.8, 4) is 5.75 Å². The van der Waals surface area contributed by atoms with Gasteiger partial charge in [0.2, 0.25) is 0 Å². The molecule has 1 saturated carbocycles. The molecule has 0 N–H and O–H groups in total. The van der Waals surface area contributed by atoms with Crippen molar-refractivity contribution < 1.29 is 4.74 Å². The summed E-state index contributed by atoms with van der Waals surface area (Å²) in [5.41, 5.74) is 4.60. The van der Waals surface area contributed by atoms with Gasteiger partial charge in [0, 0.05) is 0 Å². The molecule has 0 bridgehead atoms. The van der Waals surface area contributed by atoms with Crippen molar-refractivity contribution in [3.63, 3.8) is 0 Å². The number of ether oxygens (including phenoxy) is 1.